The van der Waals surface area contributed by atoms with Gasteiger partial charge in [0.2, 0.25) is 0 Å². The first-order valence-electron chi connectivity index (χ1n) is 10.8. The Hall–Kier alpha value is -1.06. The summed E-state index contributed by atoms with van der Waals surface area (Å²) in [7, 11) is -2.53. The van der Waals surface area contributed by atoms with E-state index >= 15 is 0 Å². The average molecular weight is 562 g/mol. The molecule has 0 saturated carbocycles. The topological polar surface area (TPSA) is 0 Å². The molecule has 0 fully saturated rings. The SMILES string of the molecule is CC1=[C-]C(C)([Si](c2ccccc2)(c2ccccc2)c2cccc(C)c2C)C(C)=C1C.[Cl-].[Cl-].[Cl-].[Ti+4]. The molecule has 1 atom stereocenters. The second kappa shape index (κ2) is 12.8. The second-order valence-corrected chi connectivity index (χ2v) is 13.0. The van der Waals surface area contributed by atoms with Crippen LogP contribution in [0.15, 0.2) is 95.6 Å². The summed E-state index contributed by atoms with van der Waals surface area (Å²) < 4.78 is 0. The van der Waals surface area contributed by atoms with E-state index in [9.17, 15) is 0 Å². The summed E-state index contributed by atoms with van der Waals surface area (Å²) in [5, 5.41) is 4.22. The van der Waals surface area contributed by atoms with Crippen molar-refractivity contribution < 1.29 is 58.9 Å². The number of halogens is 3. The van der Waals surface area contributed by atoms with Crippen LogP contribution in [-0.4, -0.2) is 8.07 Å². The van der Waals surface area contributed by atoms with E-state index in [0.29, 0.717) is 0 Å². The molecule has 3 aromatic carbocycles. The second-order valence-electron chi connectivity index (χ2n) is 8.85. The minimum absolute atomic E-state index is 0. The third-order valence-corrected chi connectivity index (χ3v) is 13.2. The van der Waals surface area contributed by atoms with Gasteiger partial charge in [-0.3, -0.25) is 6.08 Å². The molecule has 1 unspecified atom stereocenters. The third-order valence-electron chi connectivity index (χ3n) is 7.48. The van der Waals surface area contributed by atoms with E-state index < -0.39 is 8.07 Å². The van der Waals surface area contributed by atoms with Gasteiger partial charge in [0.05, 0.1) is 0 Å². The number of rotatable bonds is 4. The molecular formula is C29H31Cl3SiTi. The Bertz CT molecular complexity index is 1120. The van der Waals surface area contributed by atoms with Gasteiger partial charge in [0.15, 0.2) is 0 Å². The van der Waals surface area contributed by atoms with E-state index in [1.165, 1.54) is 43.4 Å². The van der Waals surface area contributed by atoms with Crippen LogP contribution in [-0.2, 0) is 21.7 Å². The molecule has 0 nitrogen and oxygen atoms in total. The fourth-order valence-corrected chi connectivity index (χ4v) is 11.7. The van der Waals surface area contributed by atoms with Crippen LogP contribution in [0, 0.1) is 19.9 Å². The van der Waals surface area contributed by atoms with Crippen LogP contribution >= 0.6 is 0 Å². The van der Waals surface area contributed by atoms with Gasteiger partial charge in [-0.15, -0.1) is 6.92 Å². The average Bonchev–Trinajstić information content (AvgIpc) is 2.96. The molecule has 0 saturated heterocycles. The van der Waals surface area contributed by atoms with Crippen molar-refractivity contribution >= 4 is 23.6 Å². The minimum atomic E-state index is -2.53. The zero-order chi connectivity index (χ0) is 21.5. The Morgan fingerprint density at radius 3 is 1.53 bits per heavy atom. The van der Waals surface area contributed by atoms with Crippen LogP contribution in [0.4, 0.5) is 0 Å². The van der Waals surface area contributed by atoms with Gasteiger partial charge in [-0.2, -0.15) is 11.1 Å². The zero-order valence-corrected chi connectivity index (χ0v) is 25.5. The Kier molecular flexibility index (Phi) is 12.4. The first-order valence-corrected chi connectivity index (χ1v) is 12.8. The fourth-order valence-electron chi connectivity index (χ4n) is 5.45. The maximum absolute atomic E-state index is 4.02. The van der Waals surface area contributed by atoms with Crippen LogP contribution in [0.2, 0.25) is 5.04 Å². The molecule has 3 aromatic rings. The smallest absolute Gasteiger partial charge is 1.00 e. The molecule has 0 aliphatic heterocycles. The van der Waals surface area contributed by atoms with Gasteiger partial charge in [0.1, 0.15) is 8.07 Å². The molecule has 0 spiro atoms. The summed E-state index contributed by atoms with van der Waals surface area (Å²) in [6, 6.07) is 29.3. The van der Waals surface area contributed by atoms with Gasteiger partial charge in [-0.25, -0.2) is 5.57 Å². The molecule has 34 heavy (non-hydrogen) atoms. The fraction of sp³-hybridized carbons (Fsp3) is 0.241. The minimum Gasteiger partial charge on any atom is -1.00 e. The molecule has 1 aliphatic rings. The van der Waals surface area contributed by atoms with E-state index in [1.807, 2.05) is 0 Å². The monoisotopic (exact) mass is 560 g/mol. The van der Waals surface area contributed by atoms with E-state index in [0.717, 1.165) is 0 Å². The van der Waals surface area contributed by atoms with Crippen molar-refractivity contribution in [2.75, 3.05) is 0 Å². The Labute approximate surface area is 240 Å². The molecular weight excluding hydrogens is 531 g/mol. The Morgan fingerprint density at radius 2 is 1.12 bits per heavy atom. The molecule has 0 N–H and O–H groups in total. The van der Waals surface area contributed by atoms with Crippen LogP contribution in [0.1, 0.15) is 38.8 Å². The first-order chi connectivity index (χ1) is 14.3. The van der Waals surface area contributed by atoms with Crippen LogP contribution in [0.3, 0.4) is 0 Å². The van der Waals surface area contributed by atoms with E-state index in [4.69, 9.17) is 0 Å². The van der Waals surface area contributed by atoms with Crippen LogP contribution in [0.25, 0.3) is 0 Å². The zero-order valence-electron chi connectivity index (χ0n) is 20.6. The van der Waals surface area contributed by atoms with Crippen molar-refractivity contribution in [1.29, 1.82) is 0 Å². The summed E-state index contributed by atoms with van der Waals surface area (Å²) in [4.78, 5) is 0. The molecule has 4 rings (SSSR count). The van der Waals surface area contributed by atoms with Gasteiger partial charge in [0.25, 0.3) is 0 Å². The van der Waals surface area contributed by atoms with E-state index in [1.54, 1.807) is 0 Å². The van der Waals surface area contributed by atoms with Crippen molar-refractivity contribution in [3.63, 3.8) is 0 Å². The van der Waals surface area contributed by atoms with Crippen molar-refractivity contribution in [3.05, 3.63) is 113 Å². The maximum Gasteiger partial charge on any atom is 4.00 e. The largest absolute Gasteiger partial charge is 4.00 e. The van der Waals surface area contributed by atoms with Crippen molar-refractivity contribution in [2.45, 2.75) is 46.6 Å². The molecule has 176 valence electrons. The standard InChI is InChI=1S/C29H31Si.3ClH.Ti/c1-21-14-13-19-28(24(21)4)30(26-15-9-7-10-16-26,27-17-11-8-12-18-27)29(6)20-22(2)23(3)25(29)5;;;;/h7-19H,1-6H3;3*1H;/q-1;;;;+4/p-3. The number of aryl methyl sites for hydroxylation is 1. The summed E-state index contributed by atoms with van der Waals surface area (Å²) >= 11 is 0. The summed E-state index contributed by atoms with van der Waals surface area (Å²) in [6.07, 6.45) is 4.02. The normalized spacial score (nSPS) is 16.9. The van der Waals surface area contributed by atoms with Crippen molar-refractivity contribution in [3.8, 4) is 0 Å². The van der Waals surface area contributed by atoms with Gasteiger partial charge in [0, 0.05) is 0 Å². The molecule has 0 aromatic heterocycles. The summed E-state index contributed by atoms with van der Waals surface area (Å²) in [6.45, 7) is 13.8. The first kappa shape index (κ1) is 32.9. The number of allylic oxidation sites excluding steroid dienone is 4. The Morgan fingerprint density at radius 1 is 0.647 bits per heavy atom. The molecule has 0 bridgehead atoms. The van der Waals surface area contributed by atoms with Crippen molar-refractivity contribution in [2.24, 2.45) is 0 Å². The molecule has 0 radical (unpaired) electrons. The van der Waals surface area contributed by atoms with Gasteiger partial charge >= 0.3 is 21.7 Å². The van der Waals surface area contributed by atoms with Crippen LogP contribution < -0.4 is 52.8 Å². The number of benzene rings is 3. The van der Waals surface area contributed by atoms with E-state index in [-0.39, 0.29) is 64.0 Å². The molecule has 0 heterocycles. The van der Waals surface area contributed by atoms with Gasteiger partial charge in [-0.1, -0.05) is 105 Å². The van der Waals surface area contributed by atoms with Gasteiger partial charge < -0.3 is 37.2 Å². The van der Waals surface area contributed by atoms with E-state index in [2.05, 4.69) is 126 Å². The Balaban J connectivity index is 0.00000272. The molecule has 0 amide bonds. The summed E-state index contributed by atoms with van der Waals surface area (Å²) in [5.74, 6) is 0. The third kappa shape index (κ3) is 4.94. The summed E-state index contributed by atoms with van der Waals surface area (Å²) in [5.41, 5.74) is 6.92. The predicted molar refractivity (Wildman–Crippen MR) is 133 cm³/mol. The quantitative estimate of drug-likeness (QED) is 0.178. The molecule has 5 heteroatoms. The van der Waals surface area contributed by atoms with Crippen LogP contribution in [0.5, 0.6) is 0 Å². The maximum atomic E-state index is 4.02. The van der Waals surface area contributed by atoms with Crippen molar-refractivity contribution in [1.82, 2.24) is 0 Å². The van der Waals surface area contributed by atoms with Gasteiger partial charge in [-0.05, 0) is 40.5 Å². The predicted octanol–water partition coefficient (Wildman–Crippen LogP) is -3.36. The number of hydrogen-bond donors (Lipinski definition) is 0. The molecule has 1 aliphatic carbocycles. The number of hydrogen-bond acceptors (Lipinski definition) is 0.